The summed E-state index contributed by atoms with van der Waals surface area (Å²) >= 11 is 0. The first-order valence-electron chi connectivity index (χ1n) is 8.52. The molecule has 0 aromatic heterocycles. The summed E-state index contributed by atoms with van der Waals surface area (Å²) < 4.78 is 0. The van der Waals surface area contributed by atoms with Crippen LogP contribution in [0.25, 0.3) is 0 Å². The maximum absolute atomic E-state index is 9.79. The molecule has 0 unspecified atom stereocenters. The molecule has 0 amide bonds. The molecule has 0 spiro atoms. The molecule has 0 bridgehead atoms. The van der Waals surface area contributed by atoms with Crippen LogP contribution in [0.15, 0.2) is 12.1 Å². The van der Waals surface area contributed by atoms with Gasteiger partial charge in [-0.05, 0) is 72.6 Å². The Morgan fingerprint density at radius 3 is 1.27 bits per heavy atom. The van der Waals surface area contributed by atoms with Crippen molar-refractivity contribution in [1.82, 2.24) is 0 Å². The van der Waals surface area contributed by atoms with E-state index in [4.69, 9.17) is 0 Å². The number of benzene rings is 1. The Bertz CT molecular complexity index is 431. The highest BCUT2D eigenvalue weighted by molar-refractivity contribution is 5.45. The van der Waals surface area contributed by atoms with E-state index < -0.39 is 0 Å². The van der Waals surface area contributed by atoms with Crippen LogP contribution >= 0.6 is 0 Å². The number of hydrogen-bond acceptors (Lipinski definition) is 2. The summed E-state index contributed by atoms with van der Waals surface area (Å²) in [6, 6.07) is 3.51. The third-order valence-electron chi connectivity index (χ3n) is 4.04. The number of aryl methyl sites for hydroxylation is 2. The number of aromatic hydroxyl groups is 2. The molecule has 0 atom stereocenters. The first-order valence-corrected chi connectivity index (χ1v) is 8.52. The standard InChI is InChI=1S/C20H34O2/c1-19(2,3)11-7-9-15-13-17(21)18(22)14-16(15)10-8-12-20(4,5)6/h13-14,21-22H,7-12H2,1-6H3. The van der Waals surface area contributed by atoms with Crippen LogP contribution in [0.1, 0.15) is 78.4 Å². The summed E-state index contributed by atoms with van der Waals surface area (Å²) in [7, 11) is 0. The molecule has 0 radical (unpaired) electrons. The van der Waals surface area contributed by atoms with Crippen LogP contribution in [-0.4, -0.2) is 10.2 Å². The van der Waals surface area contributed by atoms with Gasteiger partial charge in [0.1, 0.15) is 0 Å². The highest BCUT2D eigenvalue weighted by atomic mass is 16.3. The topological polar surface area (TPSA) is 40.5 Å². The normalized spacial score (nSPS) is 12.6. The Hall–Kier alpha value is -1.18. The SMILES string of the molecule is CC(C)(C)CCCc1cc(O)c(O)cc1CCCC(C)(C)C. The first-order chi connectivity index (χ1) is 9.98. The van der Waals surface area contributed by atoms with Gasteiger partial charge in [-0.25, -0.2) is 0 Å². The largest absolute Gasteiger partial charge is 0.504 e. The summed E-state index contributed by atoms with van der Waals surface area (Å²) in [6.07, 6.45) is 6.48. The smallest absolute Gasteiger partial charge is 0.157 e. The minimum absolute atomic E-state index is 0.00494. The van der Waals surface area contributed by atoms with E-state index in [9.17, 15) is 10.2 Å². The number of rotatable bonds is 6. The maximum atomic E-state index is 9.79. The zero-order chi connectivity index (χ0) is 17.0. The fourth-order valence-corrected chi connectivity index (χ4v) is 2.75. The quantitative estimate of drug-likeness (QED) is 0.649. The molecular formula is C20H34O2. The first kappa shape index (κ1) is 18.9. The predicted octanol–water partition coefficient (Wildman–Crippen LogP) is 5.84. The van der Waals surface area contributed by atoms with Gasteiger partial charge in [-0.3, -0.25) is 0 Å². The zero-order valence-electron chi connectivity index (χ0n) is 15.3. The van der Waals surface area contributed by atoms with Crippen LogP contribution in [0.4, 0.5) is 0 Å². The molecular weight excluding hydrogens is 272 g/mol. The Morgan fingerprint density at radius 2 is 1.00 bits per heavy atom. The highest BCUT2D eigenvalue weighted by Crippen LogP contribution is 2.32. The second-order valence-electron chi connectivity index (χ2n) is 8.94. The Labute approximate surface area is 136 Å². The lowest BCUT2D eigenvalue weighted by Gasteiger charge is -2.20. The Balaban J connectivity index is 2.74. The molecule has 0 saturated carbocycles. The number of phenolic OH excluding ortho intramolecular Hbond substituents is 2. The Morgan fingerprint density at radius 1 is 0.682 bits per heavy atom. The molecule has 1 aromatic rings. The van der Waals surface area contributed by atoms with Crippen molar-refractivity contribution >= 4 is 0 Å². The fraction of sp³-hybridized carbons (Fsp3) is 0.700. The van der Waals surface area contributed by atoms with Gasteiger partial charge in [0, 0.05) is 0 Å². The van der Waals surface area contributed by atoms with E-state index in [1.165, 1.54) is 11.1 Å². The van der Waals surface area contributed by atoms with Gasteiger partial charge in [-0.1, -0.05) is 41.5 Å². The summed E-state index contributed by atoms with van der Waals surface area (Å²) in [5.41, 5.74) is 3.05. The lowest BCUT2D eigenvalue weighted by atomic mass is 9.86. The molecule has 0 fully saturated rings. The maximum Gasteiger partial charge on any atom is 0.157 e. The van der Waals surface area contributed by atoms with Crippen molar-refractivity contribution in [3.63, 3.8) is 0 Å². The lowest BCUT2D eigenvalue weighted by Crippen LogP contribution is -2.07. The van der Waals surface area contributed by atoms with Gasteiger partial charge >= 0.3 is 0 Å². The summed E-state index contributed by atoms with van der Waals surface area (Å²) in [5.74, 6) is 0.00987. The summed E-state index contributed by atoms with van der Waals surface area (Å²) in [6.45, 7) is 13.5. The molecule has 0 aliphatic heterocycles. The van der Waals surface area contributed by atoms with E-state index in [0.717, 1.165) is 38.5 Å². The van der Waals surface area contributed by atoms with Crippen LogP contribution < -0.4 is 0 Å². The average Bonchev–Trinajstić information content (AvgIpc) is 2.31. The Kier molecular flexibility index (Phi) is 6.34. The van der Waals surface area contributed by atoms with Crippen LogP contribution in [0.3, 0.4) is 0 Å². The van der Waals surface area contributed by atoms with Gasteiger partial charge in [0.25, 0.3) is 0 Å². The van der Waals surface area contributed by atoms with Crippen molar-refractivity contribution in [2.75, 3.05) is 0 Å². The summed E-state index contributed by atoms with van der Waals surface area (Å²) in [4.78, 5) is 0. The molecule has 126 valence electrons. The van der Waals surface area contributed by atoms with Crippen molar-refractivity contribution in [1.29, 1.82) is 0 Å². The third kappa shape index (κ3) is 7.20. The van der Waals surface area contributed by atoms with Crippen LogP contribution in [0, 0.1) is 10.8 Å². The van der Waals surface area contributed by atoms with Crippen molar-refractivity contribution in [2.24, 2.45) is 10.8 Å². The molecule has 2 nitrogen and oxygen atoms in total. The van der Waals surface area contributed by atoms with Gasteiger partial charge in [0.15, 0.2) is 11.5 Å². The van der Waals surface area contributed by atoms with E-state index in [1.54, 1.807) is 12.1 Å². The van der Waals surface area contributed by atoms with E-state index in [2.05, 4.69) is 41.5 Å². The molecule has 0 aliphatic rings. The minimum Gasteiger partial charge on any atom is -0.504 e. The van der Waals surface area contributed by atoms with Crippen molar-refractivity contribution < 1.29 is 10.2 Å². The van der Waals surface area contributed by atoms with E-state index in [1.807, 2.05) is 0 Å². The van der Waals surface area contributed by atoms with Gasteiger partial charge in [-0.2, -0.15) is 0 Å². The van der Waals surface area contributed by atoms with Crippen LogP contribution in [0.2, 0.25) is 0 Å². The number of phenols is 2. The van der Waals surface area contributed by atoms with E-state index in [0.29, 0.717) is 10.8 Å². The monoisotopic (exact) mass is 306 g/mol. The average molecular weight is 306 g/mol. The van der Waals surface area contributed by atoms with Crippen molar-refractivity contribution in [3.8, 4) is 11.5 Å². The fourth-order valence-electron chi connectivity index (χ4n) is 2.75. The van der Waals surface area contributed by atoms with Gasteiger partial charge < -0.3 is 10.2 Å². The molecule has 2 N–H and O–H groups in total. The lowest BCUT2D eigenvalue weighted by molar-refractivity contribution is 0.361. The molecule has 1 aromatic carbocycles. The molecule has 22 heavy (non-hydrogen) atoms. The summed E-state index contributed by atoms with van der Waals surface area (Å²) in [5, 5.41) is 19.6. The van der Waals surface area contributed by atoms with Crippen molar-refractivity contribution in [2.45, 2.75) is 80.1 Å². The zero-order valence-corrected chi connectivity index (χ0v) is 15.3. The molecule has 0 aliphatic carbocycles. The van der Waals surface area contributed by atoms with Gasteiger partial charge in [0.2, 0.25) is 0 Å². The second kappa shape index (κ2) is 7.39. The van der Waals surface area contributed by atoms with Crippen LogP contribution in [-0.2, 0) is 12.8 Å². The van der Waals surface area contributed by atoms with Gasteiger partial charge in [-0.15, -0.1) is 0 Å². The van der Waals surface area contributed by atoms with E-state index in [-0.39, 0.29) is 11.5 Å². The van der Waals surface area contributed by atoms with E-state index >= 15 is 0 Å². The molecule has 0 heterocycles. The van der Waals surface area contributed by atoms with Crippen LogP contribution in [0.5, 0.6) is 11.5 Å². The molecule has 0 saturated heterocycles. The molecule has 1 rings (SSSR count). The minimum atomic E-state index is 0.00494. The van der Waals surface area contributed by atoms with Crippen molar-refractivity contribution in [3.05, 3.63) is 23.3 Å². The van der Waals surface area contributed by atoms with Gasteiger partial charge in [0.05, 0.1) is 0 Å². The molecule has 2 heteroatoms. The second-order valence-corrected chi connectivity index (χ2v) is 8.94. The predicted molar refractivity (Wildman–Crippen MR) is 94.6 cm³/mol. The number of hydrogen-bond donors (Lipinski definition) is 2. The highest BCUT2D eigenvalue weighted by Gasteiger charge is 2.14. The third-order valence-corrected chi connectivity index (χ3v) is 4.04.